The first kappa shape index (κ1) is 42.6. The van der Waals surface area contributed by atoms with E-state index in [2.05, 4.69) is 29.1 Å². The quantitative estimate of drug-likeness (QED) is 0.0650. The summed E-state index contributed by atoms with van der Waals surface area (Å²) in [5.41, 5.74) is 1.75. The molecule has 0 aliphatic carbocycles. The minimum Gasteiger partial charge on any atom is -0.491 e. The van der Waals surface area contributed by atoms with Gasteiger partial charge in [0.25, 0.3) is 0 Å². The number of hydrogen-bond donors (Lipinski definition) is 4. The molecule has 2 fully saturated rings. The summed E-state index contributed by atoms with van der Waals surface area (Å²) < 4.78 is 12.5. The number of esters is 1. The third-order valence-electron chi connectivity index (χ3n) is 12.0. The molecule has 5 aromatic rings. The number of urea groups is 1. The van der Waals surface area contributed by atoms with Gasteiger partial charge < -0.3 is 30.3 Å². The number of amides is 4. The Labute approximate surface area is 366 Å². The van der Waals surface area contributed by atoms with Crippen molar-refractivity contribution in [2.24, 2.45) is 5.92 Å². The zero-order valence-corrected chi connectivity index (χ0v) is 34.7. The molecule has 4 amide bonds. The van der Waals surface area contributed by atoms with E-state index in [1.54, 1.807) is 36.4 Å². The average Bonchev–Trinajstić information content (AvgIpc) is 3.77. The van der Waals surface area contributed by atoms with Crippen LogP contribution in [0.15, 0.2) is 146 Å². The number of anilines is 1. The molecule has 7 atom stereocenters. The smallest absolute Gasteiger partial charge is 0.329 e. The van der Waals surface area contributed by atoms with Crippen molar-refractivity contribution in [3.05, 3.63) is 179 Å². The van der Waals surface area contributed by atoms with Gasteiger partial charge in [0.1, 0.15) is 29.9 Å². The summed E-state index contributed by atoms with van der Waals surface area (Å²) in [6, 6.07) is 35.7. The predicted molar refractivity (Wildman–Crippen MR) is 236 cm³/mol. The van der Waals surface area contributed by atoms with E-state index < -0.39 is 65.4 Å². The molecule has 63 heavy (non-hydrogen) atoms. The van der Waals surface area contributed by atoms with Crippen LogP contribution in [-0.4, -0.2) is 71.3 Å². The predicted octanol–water partition coefficient (Wildman–Crippen LogP) is 6.23. The van der Waals surface area contributed by atoms with Crippen LogP contribution in [0.4, 0.5) is 10.5 Å². The zero-order valence-electron chi connectivity index (χ0n) is 34.7. The van der Waals surface area contributed by atoms with E-state index in [0.29, 0.717) is 28.0 Å². The Morgan fingerprint density at radius 2 is 1.54 bits per heavy atom. The molecule has 0 aromatic heterocycles. The Morgan fingerprint density at radius 1 is 0.857 bits per heavy atom. The Bertz CT molecular complexity index is 2560. The standard InChI is InChI=1S/C51H48N4O8/c1-3-27-52-47(58)42-44-48(59)63-45(37-21-11-6-12-22-37)43(36-19-9-5-10-20-36)55(44)46(38-23-15-24-39(32-38)62-30-29-57)51(42)40-31-34(16-13-14-28-56)25-26-41(40)54(49(51)60)50(61)53-33(2)35-17-7-4-8-18-35/h3-12,15,17-26,31-33,42-46,56-57H,1,14,27-30H2,2H3,(H,52,58)(H,53,61)/t33-,42-,43-,44-,45+,46+,51-/m1/s1. The molecule has 320 valence electrons. The average molecular weight is 845 g/mol. The molecule has 12 heteroatoms. The second-order valence-electron chi connectivity index (χ2n) is 15.7. The van der Waals surface area contributed by atoms with Gasteiger partial charge in [0.2, 0.25) is 11.8 Å². The summed E-state index contributed by atoms with van der Waals surface area (Å²) in [6.07, 6.45) is 0.793. The SMILES string of the molecule is C=CCNC(=O)[C@H]1[C@@H]2C(=O)O[C@@H](c3ccccc3)[C@@H](c3ccccc3)N2[C@@H](c2cccc(OCCO)c2)[C@]12C(=O)N(C(=O)N[C@H](C)c1ccccc1)c1ccc(C#CCCO)cc12. The van der Waals surface area contributed by atoms with Crippen molar-refractivity contribution in [1.82, 2.24) is 15.5 Å². The van der Waals surface area contributed by atoms with E-state index in [0.717, 1.165) is 16.0 Å². The van der Waals surface area contributed by atoms with E-state index in [1.165, 1.54) is 6.08 Å². The molecule has 12 nitrogen and oxygen atoms in total. The van der Waals surface area contributed by atoms with Crippen LogP contribution in [-0.2, 0) is 24.5 Å². The third-order valence-corrected chi connectivity index (χ3v) is 12.0. The van der Waals surface area contributed by atoms with Crippen molar-refractivity contribution >= 4 is 29.5 Å². The first-order chi connectivity index (χ1) is 30.7. The molecule has 4 N–H and O–H groups in total. The number of hydrogen-bond acceptors (Lipinski definition) is 9. The number of rotatable bonds is 12. The molecule has 3 aliphatic heterocycles. The van der Waals surface area contributed by atoms with Gasteiger partial charge in [-0.1, -0.05) is 121 Å². The van der Waals surface area contributed by atoms with Gasteiger partial charge in [0.05, 0.1) is 42.9 Å². The second-order valence-corrected chi connectivity index (χ2v) is 15.7. The van der Waals surface area contributed by atoms with E-state index in [1.807, 2.05) is 109 Å². The number of nitrogens with one attached hydrogen (secondary N) is 2. The van der Waals surface area contributed by atoms with Gasteiger partial charge in [-0.25, -0.2) is 9.69 Å². The Hall–Kier alpha value is -7.04. The normalized spacial score (nSPS) is 22.8. The molecule has 8 rings (SSSR count). The fourth-order valence-electron chi connectivity index (χ4n) is 9.50. The number of carbonyl (C=O) groups excluding carboxylic acids is 4. The van der Waals surface area contributed by atoms with Crippen LogP contribution >= 0.6 is 0 Å². The highest BCUT2D eigenvalue weighted by Crippen LogP contribution is 2.66. The lowest BCUT2D eigenvalue weighted by molar-refractivity contribution is -0.178. The fourth-order valence-corrected chi connectivity index (χ4v) is 9.50. The molecular weight excluding hydrogens is 797 g/mol. The number of aliphatic hydroxyl groups is 2. The number of imide groups is 1. The number of nitrogens with zero attached hydrogens (tertiary/aromatic N) is 2. The van der Waals surface area contributed by atoms with Crippen molar-refractivity contribution in [3.63, 3.8) is 0 Å². The minimum absolute atomic E-state index is 0.0155. The third kappa shape index (κ3) is 7.76. The van der Waals surface area contributed by atoms with Gasteiger partial charge in [-0.05, 0) is 65.1 Å². The maximum absolute atomic E-state index is 16.3. The summed E-state index contributed by atoms with van der Waals surface area (Å²) in [5, 5.41) is 25.3. The van der Waals surface area contributed by atoms with Gasteiger partial charge in [0.15, 0.2) is 0 Å². The first-order valence-electron chi connectivity index (χ1n) is 21.0. The second kappa shape index (κ2) is 18.5. The minimum atomic E-state index is -2.00. The van der Waals surface area contributed by atoms with Gasteiger partial charge in [0, 0.05) is 18.5 Å². The number of benzene rings is 5. The van der Waals surface area contributed by atoms with Crippen molar-refractivity contribution in [3.8, 4) is 17.6 Å². The van der Waals surface area contributed by atoms with Gasteiger partial charge in [-0.3, -0.25) is 19.3 Å². The molecule has 0 bridgehead atoms. The number of fused-ring (bicyclic) bond motifs is 3. The van der Waals surface area contributed by atoms with Gasteiger partial charge >= 0.3 is 12.0 Å². The topological polar surface area (TPSA) is 158 Å². The maximum atomic E-state index is 16.3. The molecule has 0 saturated carbocycles. The lowest BCUT2D eigenvalue weighted by atomic mass is 9.65. The summed E-state index contributed by atoms with van der Waals surface area (Å²) in [7, 11) is 0. The van der Waals surface area contributed by atoms with Crippen molar-refractivity contribution < 1.29 is 38.9 Å². The van der Waals surface area contributed by atoms with Crippen LogP contribution in [0.25, 0.3) is 0 Å². The van der Waals surface area contributed by atoms with Crippen LogP contribution in [0.2, 0.25) is 0 Å². The molecule has 3 heterocycles. The molecule has 5 aromatic carbocycles. The largest absolute Gasteiger partial charge is 0.491 e. The first-order valence-corrected chi connectivity index (χ1v) is 21.0. The van der Waals surface area contributed by atoms with E-state index in [-0.39, 0.29) is 38.5 Å². The van der Waals surface area contributed by atoms with Crippen molar-refractivity contribution in [2.45, 2.75) is 49.0 Å². The monoisotopic (exact) mass is 844 g/mol. The lowest BCUT2D eigenvalue weighted by Gasteiger charge is -2.46. The number of morpholine rings is 1. The van der Waals surface area contributed by atoms with Crippen LogP contribution in [0.1, 0.15) is 71.0 Å². The molecular formula is C51H48N4O8. The van der Waals surface area contributed by atoms with Crippen LogP contribution in [0.3, 0.4) is 0 Å². The summed E-state index contributed by atoms with van der Waals surface area (Å²) >= 11 is 0. The number of carbonyl (C=O) groups is 4. The van der Waals surface area contributed by atoms with Crippen molar-refractivity contribution in [1.29, 1.82) is 0 Å². The fraction of sp³-hybridized carbons (Fsp3) is 0.255. The Balaban J connectivity index is 1.45. The number of ether oxygens (including phenoxy) is 2. The molecule has 0 unspecified atom stereocenters. The Kier molecular flexibility index (Phi) is 12.5. The highest BCUT2D eigenvalue weighted by molar-refractivity contribution is 6.24. The summed E-state index contributed by atoms with van der Waals surface area (Å²) in [5.74, 6) is 2.86. The lowest BCUT2D eigenvalue weighted by Crippen LogP contribution is -2.56. The van der Waals surface area contributed by atoms with Crippen LogP contribution < -0.4 is 20.3 Å². The highest BCUT2D eigenvalue weighted by atomic mass is 16.6. The number of cyclic esters (lactones) is 1. The molecule has 0 radical (unpaired) electrons. The number of aliphatic hydroxyl groups excluding tert-OH is 2. The highest BCUT2D eigenvalue weighted by Gasteiger charge is 2.75. The molecule has 3 aliphatic rings. The van der Waals surface area contributed by atoms with E-state index in [4.69, 9.17) is 9.47 Å². The summed E-state index contributed by atoms with van der Waals surface area (Å²) in [6.45, 7) is 5.21. The maximum Gasteiger partial charge on any atom is 0.329 e. The van der Waals surface area contributed by atoms with E-state index in [9.17, 15) is 15.0 Å². The van der Waals surface area contributed by atoms with E-state index >= 15 is 14.4 Å². The van der Waals surface area contributed by atoms with Crippen molar-refractivity contribution in [2.75, 3.05) is 31.3 Å². The Morgan fingerprint density at radius 3 is 2.22 bits per heavy atom. The van der Waals surface area contributed by atoms with Gasteiger partial charge in [-0.2, -0.15) is 0 Å². The molecule has 1 spiro atoms. The van der Waals surface area contributed by atoms with Crippen LogP contribution in [0.5, 0.6) is 5.75 Å². The molecule has 2 saturated heterocycles. The zero-order chi connectivity index (χ0) is 44.1. The van der Waals surface area contributed by atoms with Crippen LogP contribution in [0, 0.1) is 17.8 Å². The summed E-state index contributed by atoms with van der Waals surface area (Å²) in [4.78, 5) is 64.7. The van der Waals surface area contributed by atoms with Gasteiger partial charge in [-0.15, -0.1) is 6.58 Å².